The first-order chi connectivity index (χ1) is 56.0. The van der Waals surface area contributed by atoms with Crippen molar-refractivity contribution in [1.82, 2.24) is 19.6 Å². The summed E-state index contributed by atoms with van der Waals surface area (Å²) in [4.78, 5) is 14.6. The van der Waals surface area contributed by atoms with Gasteiger partial charge in [-0.25, -0.2) is 0 Å². The Morgan fingerprint density at radius 1 is 0.202 bits per heavy atom. The van der Waals surface area contributed by atoms with E-state index in [4.69, 9.17) is 9.47 Å². The van der Waals surface area contributed by atoms with E-state index in [1.54, 1.807) is 0 Å². The minimum Gasteiger partial charge on any atom is -0.378 e. The smallest absolute Gasteiger partial charge is 0.0624 e. The van der Waals surface area contributed by atoms with Gasteiger partial charge in [0, 0.05) is 97.6 Å². The van der Waals surface area contributed by atoms with E-state index in [0.717, 1.165) is 109 Å². The molecule has 12 saturated carbocycles. The first-order valence-electron chi connectivity index (χ1n) is 54.3. The highest BCUT2D eigenvalue weighted by Gasteiger charge is 2.69. The lowest BCUT2D eigenvalue weighted by Crippen LogP contribution is -2.75. The molecule has 12 atom stereocenters. The predicted octanol–water partition coefficient (Wildman–Crippen LogP) is 30.9. The standard InChI is InChI=1S/C108H198N4O2/c1-11-17-23-27-31-35-39-85-51-67-93(68-52-85)109(89-59-43-81(7)44-60-89)99-79-101(111(91-63-47-83(9)48-64-91)95-71-55-87(56-72-95)41-37-33-29-25-19-13-3)107-104(114-76-22-16-6)78-98-100(110(90-61-45-82(8)46-62-90)94-69-53-86(54-70-94)40-36-32-28-24-18-12-2)80-102(108-103(113-75-21-15-5)77-97(99)105(107)106(98)108)112(92-65-49-84(10)50-66-92)96-73-57-88(58-74-96)42-38-34-30-26-20-14-4/h81-108H,11-80H2,1-10H3. The van der Waals surface area contributed by atoms with Crippen LogP contribution >= 0.6 is 0 Å². The number of rotatable bonds is 48. The fraction of sp³-hybridized carbons (Fsp3) is 1.00. The molecule has 12 rings (SSSR count). The van der Waals surface area contributed by atoms with Crippen LogP contribution in [-0.2, 0) is 9.47 Å². The fourth-order valence-corrected chi connectivity index (χ4v) is 30.1. The van der Waals surface area contributed by atoms with Crippen molar-refractivity contribution in [3.05, 3.63) is 0 Å². The third kappa shape index (κ3) is 26.0. The topological polar surface area (TPSA) is 31.4 Å². The molecule has 662 valence electrons. The maximum Gasteiger partial charge on any atom is 0.0624 e. The molecule has 12 aliphatic rings. The quantitative estimate of drug-likeness (QED) is 0.0565. The van der Waals surface area contributed by atoms with E-state index in [-0.39, 0.29) is 0 Å². The highest BCUT2D eigenvalue weighted by Crippen LogP contribution is 2.66. The number of hydrogen-bond donors (Lipinski definition) is 0. The van der Waals surface area contributed by atoms with Crippen LogP contribution < -0.4 is 0 Å². The Labute approximate surface area is 711 Å². The third-order valence-electron chi connectivity index (χ3n) is 36.7. The van der Waals surface area contributed by atoms with Gasteiger partial charge in [-0.2, -0.15) is 0 Å². The van der Waals surface area contributed by atoms with Gasteiger partial charge >= 0.3 is 0 Å². The van der Waals surface area contributed by atoms with Gasteiger partial charge in [-0.05, 0) is 315 Å². The first kappa shape index (κ1) is 92.9. The van der Waals surface area contributed by atoms with Crippen LogP contribution in [0.4, 0.5) is 0 Å². The lowest BCUT2D eigenvalue weighted by Gasteiger charge is -2.71. The lowest BCUT2D eigenvalue weighted by atomic mass is 9.43. The summed E-state index contributed by atoms with van der Waals surface area (Å²) < 4.78 is 16.8. The molecule has 114 heavy (non-hydrogen) atoms. The van der Waals surface area contributed by atoms with Gasteiger partial charge in [0.15, 0.2) is 0 Å². The van der Waals surface area contributed by atoms with Crippen LogP contribution in [-0.4, -0.2) is 118 Å². The van der Waals surface area contributed by atoms with Crippen molar-refractivity contribution in [2.75, 3.05) is 13.2 Å². The van der Waals surface area contributed by atoms with Crippen molar-refractivity contribution in [3.63, 3.8) is 0 Å². The first-order valence-corrected chi connectivity index (χ1v) is 54.3. The summed E-state index contributed by atoms with van der Waals surface area (Å²) in [6.45, 7) is 27.2. The van der Waals surface area contributed by atoms with Gasteiger partial charge in [0.05, 0.1) is 12.2 Å². The monoisotopic (exact) mass is 1580 g/mol. The summed E-state index contributed by atoms with van der Waals surface area (Å²) in [5.41, 5.74) is 0. The predicted molar refractivity (Wildman–Crippen MR) is 492 cm³/mol. The number of hydrogen-bond acceptors (Lipinski definition) is 6. The maximum absolute atomic E-state index is 8.39. The van der Waals surface area contributed by atoms with E-state index in [0.29, 0.717) is 71.9 Å². The van der Waals surface area contributed by atoms with E-state index in [2.05, 4.69) is 88.8 Å². The van der Waals surface area contributed by atoms with Crippen LogP contribution in [0, 0.1) is 82.9 Å². The van der Waals surface area contributed by atoms with Crippen molar-refractivity contribution in [1.29, 1.82) is 0 Å². The molecule has 0 N–H and O–H groups in total. The summed E-state index contributed by atoms with van der Waals surface area (Å²) in [5.74, 6) is 11.3. The van der Waals surface area contributed by atoms with Crippen LogP contribution in [0.1, 0.15) is 506 Å². The molecular weight excluding hydrogens is 1390 g/mol. The Bertz CT molecular complexity index is 2290. The normalized spacial score (nSPS) is 39.1. The molecule has 0 amide bonds. The Kier molecular flexibility index (Phi) is 40.8. The second kappa shape index (κ2) is 50.0. The summed E-state index contributed by atoms with van der Waals surface area (Å²) >= 11 is 0. The Balaban J connectivity index is 1.01. The molecule has 0 saturated heterocycles. The Morgan fingerprint density at radius 2 is 0.404 bits per heavy atom. The third-order valence-corrected chi connectivity index (χ3v) is 36.7. The second-order valence-corrected chi connectivity index (χ2v) is 44.7. The minimum atomic E-state index is 0.364. The van der Waals surface area contributed by atoms with Crippen LogP contribution in [0.3, 0.4) is 0 Å². The van der Waals surface area contributed by atoms with Gasteiger partial charge in [0.1, 0.15) is 0 Å². The van der Waals surface area contributed by atoms with Crippen molar-refractivity contribution >= 4 is 0 Å². The Hall–Kier alpha value is -0.240. The minimum absolute atomic E-state index is 0.364. The van der Waals surface area contributed by atoms with Gasteiger partial charge in [-0.1, -0.05) is 262 Å². The molecule has 0 aliphatic heterocycles. The molecule has 0 bridgehead atoms. The van der Waals surface area contributed by atoms with Crippen LogP contribution in [0.2, 0.25) is 0 Å². The number of nitrogens with zero attached hydrogens (tertiary/aromatic N) is 4. The molecule has 0 radical (unpaired) electrons. The van der Waals surface area contributed by atoms with Crippen molar-refractivity contribution in [2.45, 2.75) is 591 Å². The van der Waals surface area contributed by atoms with E-state index >= 15 is 0 Å². The summed E-state index contributed by atoms with van der Waals surface area (Å²) in [5, 5.41) is 0. The van der Waals surface area contributed by atoms with Crippen molar-refractivity contribution in [3.8, 4) is 0 Å². The molecule has 0 aromatic heterocycles. The lowest BCUT2D eigenvalue weighted by molar-refractivity contribution is -0.253. The highest BCUT2D eigenvalue weighted by molar-refractivity contribution is 5.20. The molecule has 6 nitrogen and oxygen atoms in total. The largest absolute Gasteiger partial charge is 0.378 e. The van der Waals surface area contributed by atoms with E-state index < -0.39 is 0 Å². The zero-order valence-corrected chi connectivity index (χ0v) is 78.3. The van der Waals surface area contributed by atoms with Gasteiger partial charge < -0.3 is 9.47 Å². The summed E-state index contributed by atoms with van der Waals surface area (Å²) in [6.07, 6.45) is 99.0. The van der Waals surface area contributed by atoms with Gasteiger partial charge in [-0.3, -0.25) is 19.6 Å². The van der Waals surface area contributed by atoms with Crippen molar-refractivity contribution < 1.29 is 9.47 Å². The van der Waals surface area contributed by atoms with E-state index in [1.165, 1.54) is 437 Å². The molecule has 12 fully saturated rings. The molecule has 0 spiro atoms. The SMILES string of the molecule is CCCCCCCCC1CCC(N(C2CCC(C)CC2)C2CC(N(C3CCC(C)CC3)C3CCC(CCCCCCCC)CC3)C3C(OCCCC)CC4C5C3C2CC(OCCCC)C5C(N(C2CCC(C)CC2)C2CCC(CCCCCCCC)CC2)CC4N(C2CCC(C)CC2)C2CCC(CCCCCCCC)CC2)CC1. The molecule has 6 heteroatoms. The van der Waals surface area contributed by atoms with Crippen LogP contribution in [0.5, 0.6) is 0 Å². The molecule has 12 unspecified atom stereocenters. The Morgan fingerprint density at radius 3 is 0.632 bits per heavy atom. The summed E-state index contributed by atoms with van der Waals surface area (Å²) in [6, 6.07) is 8.43. The van der Waals surface area contributed by atoms with Crippen molar-refractivity contribution in [2.24, 2.45) is 82.9 Å². The van der Waals surface area contributed by atoms with Crippen LogP contribution in [0.15, 0.2) is 0 Å². The average molecular weight is 1580 g/mol. The van der Waals surface area contributed by atoms with Gasteiger partial charge in [0.25, 0.3) is 0 Å². The van der Waals surface area contributed by atoms with Gasteiger partial charge in [-0.15, -0.1) is 0 Å². The molecular formula is C108H198N4O2. The number of ether oxygens (including phenoxy) is 2. The van der Waals surface area contributed by atoms with E-state index in [1.807, 2.05) is 0 Å². The summed E-state index contributed by atoms with van der Waals surface area (Å²) in [7, 11) is 0. The fourth-order valence-electron chi connectivity index (χ4n) is 30.1. The zero-order chi connectivity index (χ0) is 79.4. The molecule has 0 aromatic carbocycles. The molecule has 0 aromatic rings. The molecule has 0 heterocycles. The maximum atomic E-state index is 8.39. The van der Waals surface area contributed by atoms with Gasteiger partial charge in [0.2, 0.25) is 0 Å². The highest BCUT2D eigenvalue weighted by atomic mass is 16.5. The number of unbranched alkanes of at least 4 members (excludes halogenated alkanes) is 22. The van der Waals surface area contributed by atoms with E-state index in [9.17, 15) is 0 Å². The molecule has 12 aliphatic carbocycles. The zero-order valence-electron chi connectivity index (χ0n) is 78.3. The average Bonchev–Trinajstić information content (AvgIpc) is 0.689. The second-order valence-electron chi connectivity index (χ2n) is 44.7. The van der Waals surface area contributed by atoms with Crippen LogP contribution in [0.25, 0.3) is 0 Å².